The first-order valence-corrected chi connectivity index (χ1v) is 16.9. The van der Waals surface area contributed by atoms with E-state index >= 15 is 0 Å². The molecule has 2 N–H and O–H groups in total. The molecular formula is C37H46F3N3O2S. The molecule has 4 unspecified atom stereocenters. The summed E-state index contributed by atoms with van der Waals surface area (Å²) in [6.45, 7) is 11.9. The van der Waals surface area contributed by atoms with Gasteiger partial charge in [-0.2, -0.15) is 0 Å². The molecule has 0 radical (unpaired) electrons. The van der Waals surface area contributed by atoms with Gasteiger partial charge in [0.05, 0.1) is 17.5 Å². The van der Waals surface area contributed by atoms with Gasteiger partial charge in [-0.25, -0.2) is 18.2 Å². The summed E-state index contributed by atoms with van der Waals surface area (Å²) >= 11 is 1.44. The predicted octanol–water partition coefficient (Wildman–Crippen LogP) is 8.32. The van der Waals surface area contributed by atoms with E-state index in [2.05, 4.69) is 19.2 Å². The Bertz CT molecular complexity index is 1470. The van der Waals surface area contributed by atoms with E-state index in [0.717, 1.165) is 30.0 Å². The highest BCUT2D eigenvalue weighted by Gasteiger charge is 2.52. The van der Waals surface area contributed by atoms with Gasteiger partial charge in [0.1, 0.15) is 23.6 Å². The summed E-state index contributed by atoms with van der Waals surface area (Å²) in [7, 11) is 0. The second-order valence-electron chi connectivity index (χ2n) is 11.1. The molecule has 248 valence electrons. The number of amides is 1. The van der Waals surface area contributed by atoms with Crippen molar-refractivity contribution in [1.29, 1.82) is 0 Å². The summed E-state index contributed by atoms with van der Waals surface area (Å²) < 4.78 is 40.6. The number of β-amino-alcohol motifs (C(OH)–C–C–N with tert-alkyl or cyclic N) is 1. The minimum atomic E-state index is -1.46. The second-order valence-corrected chi connectivity index (χ2v) is 12.1. The zero-order valence-electron chi connectivity index (χ0n) is 27.3. The summed E-state index contributed by atoms with van der Waals surface area (Å²) in [5.41, 5.74) is 0.691. The molecule has 1 aromatic heterocycles. The van der Waals surface area contributed by atoms with Crippen LogP contribution in [0.2, 0.25) is 0 Å². The third-order valence-electron chi connectivity index (χ3n) is 7.67. The molecule has 0 saturated carbocycles. The van der Waals surface area contributed by atoms with Crippen LogP contribution in [-0.4, -0.2) is 53.7 Å². The molecule has 0 bridgehead atoms. The Morgan fingerprint density at radius 3 is 2.46 bits per heavy atom. The molecule has 2 heterocycles. The highest BCUT2D eigenvalue weighted by Crippen LogP contribution is 2.43. The summed E-state index contributed by atoms with van der Waals surface area (Å²) in [5.74, 6) is -0.0263. The van der Waals surface area contributed by atoms with Gasteiger partial charge in [0.2, 0.25) is 0 Å². The maximum Gasteiger partial charge on any atom is 0.265 e. The maximum absolute atomic E-state index is 14.0. The SMILES string of the molecule is CC.CC(O)CN1C(=O)C(C2=CCCC(F)C=C2)(c2ccc(F)cc2)N=C1c1cccs1.CCNCCC(C)c1cccc(F)c1. The number of hydrogen-bond donors (Lipinski definition) is 2. The van der Waals surface area contributed by atoms with Gasteiger partial charge < -0.3 is 10.4 Å². The summed E-state index contributed by atoms with van der Waals surface area (Å²) in [6, 6.07) is 16.3. The summed E-state index contributed by atoms with van der Waals surface area (Å²) in [5, 5.41) is 15.2. The fourth-order valence-electron chi connectivity index (χ4n) is 5.33. The van der Waals surface area contributed by atoms with Gasteiger partial charge in [0.25, 0.3) is 5.91 Å². The van der Waals surface area contributed by atoms with Gasteiger partial charge in [-0.3, -0.25) is 9.69 Å². The average Bonchev–Trinajstić information content (AvgIpc) is 3.61. The monoisotopic (exact) mass is 653 g/mol. The van der Waals surface area contributed by atoms with Crippen LogP contribution in [0.15, 0.2) is 94.8 Å². The molecule has 2 aliphatic rings. The van der Waals surface area contributed by atoms with E-state index in [4.69, 9.17) is 4.99 Å². The van der Waals surface area contributed by atoms with Gasteiger partial charge in [-0.1, -0.05) is 76.3 Å². The van der Waals surface area contributed by atoms with E-state index in [0.29, 0.717) is 35.7 Å². The lowest BCUT2D eigenvalue weighted by atomic mass is 9.81. The molecule has 4 atom stereocenters. The molecule has 0 spiro atoms. The maximum atomic E-state index is 14.0. The van der Waals surface area contributed by atoms with E-state index in [1.54, 1.807) is 37.3 Å². The number of halogens is 3. The number of aliphatic hydroxyl groups excluding tert-OH is 1. The van der Waals surface area contributed by atoms with E-state index < -0.39 is 23.6 Å². The molecule has 1 aliphatic carbocycles. The molecule has 5 nitrogen and oxygen atoms in total. The van der Waals surface area contributed by atoms with Crippen molar-refractivity contribution in [3.63, 3.8) is 0 Å². The third kappa shape index (κ3) is 9.27. The van der Waals surface area contributed by atoms with E-state index in [9.17, 15) is 23.1 Å². The highest BCUT2D eigenvalue weighted by molar-refractivity contribution is 7.12. The van der Waals surface area contributed by atoms with Crippen LogP contribution in [0.4, 0.5) is 13.2 Å². The van der Waals surface area contributed by atoms with Gasteiger partial charge in [-0.05, 0) is 97.6 Å². The number of rotatable bonds is 10. The van der Waals surface area contributed by atoms with Crippen molar-refractivity contribution >= 4 is 23.1 Å². The molecule has 0 fully saturated rings. The molecule has 3 aromatic rings. The number of allylic oxidation sites excluding steroid dienone is 2. The lowest BCUT2D eigenvalue weighted by molar-refractivity contribution is -0.131. The van der Waals surface area contributed by atoms with Gasteiger partial charge in [-0.15, -0.1) is 11.3 Å². The Kier molecular flexibility index (Phi) is 14.4. The number of aliphatic imine (C=N–C) groups is 1. The number of carbonyl (C=O) groups is 1. The van der Waals surface area contributed by atoms with Crippen LogP contribution in [0.5, 0.6) is 0 Å². The van der Waals surface area contributed by atoms with Crippen molar-refractivity contribution in [1.82, 2.24) is 10.2 Å². The second kappa shape index (κ2) is 18.0. The number of nitrogens with zero attached hydrogens (tertiary/aromatic N) is 2. The molecule has 1 aliphatic heterocycles. The molecule has 1 amide bonds. The van der Waals surface area contributed by atoms with Crippen molar-refractivity contribution in [3.05, 3.63) is 117 Å². The lowest BCUT2D eigenvalue weighted by Gasteiger charge is -2.28. The van der Waals surface area contributed by atoms with E-state index in [1.165, 1.54) is 40.5 Å². The minimum absolute atomic E-state index is 0.0707. The predicted molar refractivity (Wildman–Crippen MR) is 183 cm³/mol. The van der Waals surface area contributed by atoms with Crippen LogP contribution in [-0.2, 0) is 10.3 Å². The van der Waals surface area contributed by atoms with Gasteiger partial charge in [0, 0.05) is 0 Å². The number of benzene rings is 2. The number of amidine groups is 1. The van der Waals surface area contributed by atoms with E-state index in [-0.39, 0.29) is 18.3 Å². The Morgan fingerprint density at radius 1 is 1.09 bits per heavy atom. The molecule has 2 aromatic carbocycles. The third-order valence-corrected chi connectivity index (χ3v) is 8.53. The molecular weight excluding hydrogens is 607 g/mol. The molecule has 9 heteroatoms. The van der Waals surface area contributed by atoms with Crippen LogP contribution < -0.4 is 5.32 Å². The van der Waals surface area contributed by atoms with Crippen molar-refractivity contribution in [2.24, 2.45) is 4.99 Å². The van der Waals surface area contributed by atoms with Crippen molar-refractivity contribution < 1.29 is 23.1 Å². The van der Waals surface area contributed by atoms with Crippen molar-refractivity contribution in [2.75, 3.05) is 19.6 Å². The first kappa shape index (κ1) is 36.9. The smallest absolute Gasteiger partial charge is 0.265 e. The molecule has 5 rings (SSSR count). The van der Waals surface area contributed by atoms with Crippen LogP contribution in [0.1, 0.15) is 75.8 Å². The molecule has 0 saturated heterocycles. The minimum Gasteiger partial charge on any atom is -0.392 e. The normalized spacial score (nSPS) is 20.4. The van der Waals surface area contributed by atoms with Gasteiger partial charge in [0.15, 0.2) is 5.54 Å². The summed E-state index contributed by atoms with van der Waals surface area (Å²) in [6.07, 6.45) is 4.85. The Morgan fingerprint density at radius 2 is 1.83 bits per heavy atom. The highest BCUT2D eigenvalue weighted by atomic mass is 32.1. The number of carbonyl (C=O) groups excluding carboxylic acids is 1. The van der Waals surface area contributed by atoms with Crippen LogP contribution >= 0.6 is 11.3 Å². The van der Waals surface area contributed by atoms with Crippen LogP contribution in [0.3, 0.4) is 0 Å². The van der Waals surface area contributed by atoms with Crippen LogP contribution in [0.25, 0.3) is 0 Å². The lowest BCUT2D eigenvalue weighted by Crippen LogP contribution is -2.44. The van der Waals surface area contributed by atoms with Crippen molar-refractivity contribution in [2.45, 2.75) is 77.6 Å². The molecule has 46 heavy (non-hydrogen) atoms. The number of nitrogens with one attached hydrogen (secondary N) is 1. The van der Waals surface area contributed by atoms with Gasteiger partial charge >= 0.3 is 0 Å². The Balaban J connectivity index is 0.000000303. The number of thiophene rings is 1. The quantitative estimate of drug-likeness (QED) is 0.216. The van der Waals surface area contributed by atoms with E-state index in [1.807, 2.05) is 43.5 Å². The van der Waals surface area contributed by atoms with Crippen molar-refractivity contribution in [3.8, 4) is 0 Å². The average molecular weight is 654 g/mol. The largest absolute Gasteiger partial charge is 0.392 e. The fraction of sp³-hybridized carbons (Fsp3) is 0.405. The number of aliphatic hydroxyl groups is 1. The Hall–Kier alpha value is -3.53. The topological polar surface area (TPSA) is 64.9 Å². The zero-order valence-corrected chi connectivity index (χ0v) is 28.2. The Labute approximate surface area is 275 Å². The zero-order chi connectivity index (χ0) is 33.7. The first-order chi connectivity index (χ1) is 22.1. The number of alkyl halides is 1. The number of hydrogen-bond acceptors (Lipinski definition) is 5. The summed E-state index contributed by atoms with van der Waals surface area (Å²) in [4.78, 5) is 21.1. The van der Waals surface area contributed by atoms with Crippen LogP contribution in [0, 0.1) is 11.6 Å². The standard InChI is InChI=1S/C23H22F2N2O2S.C12H18FN.C2H6/c1-15(28)14-27-21(20-6-3-13-30-20)26-23(22(27)29,17-8-11-19(25)12-9-17)16-4-2-5-18(24)10-7-16;1-3-14-8-7-10(2)11-5-4-6-12(13)9-11;1-2/h3-4,6-13,15,18,28H,2,5,14H2,1H3;4-6,9-10,14H,3,7-8H2,1-2H3;1-2H3. The first-order valence-electron chi connectivity index (χ1n) is 16.0. The fourth-order valence-corrected chi connectivity index (χ4v) is 6.06.